The molecule has 0 aliphatic carbocycles. The summed E-state index contributed by atoms with van der Waals surface area (Å²) >= 11 is 0. The van der Waals surface area contributed by atoms with Crippen LogP contribution in [0, 0.1) is 16.9 Å². The number of anilines is 1. The van der Waals surface area contributed by atoms with Crippen LogP contribution in [0.4, 0.5) is 5.69 Å². The monoisotopic (exact) mass is 426 g/mol. The van der Waals surface area contributed by atoms with Gasteiger partial charge in [-0.3, -0.25) is 4.90 Å². The zero-order chi connectivity index (χ0) is 22.1. The Kier molecular flexibility index (Phi) is 7.92. The van der Waals surface area contributed by atoms with Crippen LogP contribution < -0.4 is 23.8 Å². The topological polar surface area (TPSA) is 100 Å². The molecule has 0 aromatic heterocycles. The standard InChI is InChI=1S/C22H26N4O5/c1-27-19-14-17(26(16-23)22(24)31-18-6-4-3-5-7-18)15-20(28-2)21(19)30-13-10-25-8-11-29-12-9-25/h3-7,14-15,24H,8-13H2,1-2H3. The Morgan fingerprint density at radius 1 is 1.13 bits per heavy atom. The number of nitrogens with one attached hydrogen (secondary N) is 1. The lowest BCUT2D eigenvalue weighted by Crippen LogP contribution is -2.38. The highest BCUT2D eigenvalue weighted by Crippen LogP contribution is 2.41. The fourth-order valence-corrected chi connectivity index (χ4v) is 3.11. The minimum atomic E-state index is -0.348. The smallest absolute Gasteiger partial charge is 0.308 e. The Labute approximate surface area is 181 Å². The Balaban J connectivity index is 1.75. The third kappa shape index (κ3) is 5.78. The highest BCUT2D eigenvalue weighted by Gasteiger charge is 2.21. The van der Waals surface area contributed by atoms with E-state index in [4.69, 9.17) is 29.1 Å². The molecule has 2 aromatic rings. The van der Waals surface area contributed by atoms with Crippen molar-refractivity contribution < 1.29 is 23.7 Å². The summed E-state index contributed by atoms with van der Waals surface area (Å²) in [5, 5.41) is 17.8. The van der Waals surface area contributed by atoms with Crippen LogP contribution in [-0.4, -0.2) is 64.6 Å². The lowest BCUT2D eigenvalue weighted by Gasteiger charge is -2.26. The molecule has 9 nitrogen and oxygen atoms in total. The number of morpholine rings is 1. The van der Waals surface area contributed by atoms with Gasteiger partial charge in [-0.15, -0.1) is 0 Å². The fraction of sp³-hybridized carbons (Fsp3) is 0.364. The number of para-hydroxylation sites is 1. The van der Waals surface area contributed by atoms with E-state index in [1.54, 1.807) is 36.4 Å². The van der Waals surface area contributed by atoms with Crippen LogP contribution in [-0.2, 0) is 4.74 Å². The van der Waals surface area contributed by atoms with Crippen molar-refractivity contribution in [2.24, 2.45) is 0 Å². The van der Waals surface area contributed by atoms with Crippen molar-refractivity contribution in [3.05, 3.63) is 42.5 Å². The van der Waals surface area contributed by atoms with Gasteiger partial charge >= 0.3 is 6.02 Å². The van der Waals surface area contributed by atoms with E-state index in [2.05, 4.69) is 4.90 Å². The minimum Gasteiger partial charge on any atom is -0.493 e. The summed E-state index contributed by atoms with van der Waals surface area (Å²) in [5.74, 6) is 1.68. The lowest BCUT2D eigenvalue weighted by molar-refractivity contribution is 0.0319. The van der Waals surface area contributed by atoms with E-state index in [1.165, 1.54) is 14.2 Å². The van der Waals surface area contributed by atoms with Gasteiger partial charge in [0.2, 0.25) is 5.75 Å². The number of rotatable bonds is 8. The van der Waals surface area contributed by atoms with E-state index in [0.29, 0.717) is 35.3 Å². The van der Waals surface area contributed by atoms with Crippen LogP contribution in [0.5, 0.6) is 23.0 Å². The first kappa shape index (κ1) is 22.2. The van der Waals surface area contributed by atoms with Gasteiger partial charge in [0.1, 0.15) is 12.4 Å². The number of amidine groups is 1. The summed E-state index contributed by atoms with van der Waals surface area (Å²) in [4.78, 5) is 3.30. The lowest BCUT2D eigenvalue weighted by atomic mass is 10.2. The van der Waals surface area contributed by atoms with Gasteiger partial charge in [-0.05, 0) is 12.1 Å². The third-order valence-electron chi connectivity index (χ3n) is 4.72. The van der Waals surface area contributed by atoms with E-state index >= 15 is 0 Å². The Morgan fingerprint density at radius 2 is 1.77 bits per heavy atom. The van der Waals surface area contributed by atoms with Gasteiger partial charge in [0.05, 0.1) is 33.1 Å². The quantitative estimate of drug-likeness (QED) is 0.298. The number of methoxy groups -OCH3 is 2. The average Bonchev–Trinajstić information content (AvgIpc) is 2.81. The van der Waals surface area contributed by atoms with Gasteiger partial charge in [0.25, 0.3) is 0 Å². The fourth-order valence-electron chi connectivity index (χ4n) is 3.11. The summed E-state index contributed by atoms with van der Waals surface area (Å²) < 4.78 is 27.8. The number of nitrogens with zero attached hydrogens (tertiary/aromatic N) is 3. The van der Waals surface area contributed by atoms with Crippen molar-refractivity contribution in [2.75, 3.05) is 58.6 Å². The average molecular weight is 426 g/mol. The molecule has 31 heavy (non-hydrogen) atoms. The molecule has 0 spiro atoms. The summed E-state index contributed by atoms with van der Waals surface area (Å²) in [6.45, 7) is 4.39. The van der Waals surface area contributed by atoms with Gasteiger partial charge < -0.3 is 23.7 Å². The highest BCUT2D eigenvalue weighted by molar-refractivity contribution is 5.94. The third-order valence-corrected chi connectivity index (χ3v) is 4.72. The Morgan fingerprint density at radius 3 is 2.35 bits per heavy atom. The first-order valence-corrected chi connectivity index (χ1v) is 9.86. The number of ether oxygens (including phenoxy) is 5. The van der Waals surface area contributed by atoms with Gasteiger partial charge in [-0.1, -0.05) is 18.2 Å². The summed E-state index contributed by atoms with van der Waals surface area (Å²) in [5.41, 5.74) is 0.359. The first-order valence-electron chi connectivity index (χ1n) is 9.86. The molecule has 0 atom stereocenters. The maximum Gasteiger partial charge on any atom is 0.308 e. The van der Waals surface area contributed by atoms with Gasteiger partial charge in [-0.2, -0.15) is 10.2 Å². The molecule has 0 amide bonds. The molecule has 9 heteroatoms. The predicted molar refractivity (Wildman–Crippen MR) is 115 cm³/mol. The molecule has 1 saturated heterocycles. The van der Waals surface area contributed by atoms with E-state index < -0.39 is 0 Å². The molecular weight excluding hydrogens is 400 g/mol. The van der Waals surface area contributed by atoms with E-state index in [1.807, 2.05) is 12.3 Å². The molecule has 164 valence electrons. The Hall–Kier alpha value is -3.48. The Bertz CT molecular complexity index is 885. The van der Waals surface area contributed by atoms with Crippen molar-refractivity contribution in [1.82, 2.24) is 4.90 Å². The molecule has 1 aliphatic heterocycles. The molecule has 3 rings (SSSR count). The van der Waals surface area contributed by atoms with Crippen LogP contribution >= 0.6 is 0 Å². The van der Waals surface area contributed by atoms with E-state index in [-0.39, 0.29) is 6.02 Å². The van der Waals surface area contributed by atoms with E-state index in [9.17, 15) is 5.26 Å². The van der Waals surface area contributed by atoms with Crippen LogP contribution in [0.15, 0.2) is 42.5 Å². The minimum absolute atomic E-state index is 0.348. The van der Waals surface area contributed by atoms with Crippen LogP contribution in [0.2, 0.25) is 0 Å². The first-order chi connectivity index (χ1) is 15.2. The molecular formula is C22H26N4O5. The van der Waals surface area contributed by atoms with Gasteiger partial charge in [-0.25, -0.2) is 5.41 Å². The van der Waals surface area contributed by atoms with Crippen molar-refractivity contribution in [3.63, 3.8) is 0 Å². The number of hydrogen-bond donors (Lipinski definition) is 1. The molecule has 0 bridgehead atoms. The highest BCUT2D eigenvalue weighted by atomic mass is 16.5. The van der Waals surface area contributed by atoms with Crippen molar-refractivity contribution in [3.8, 4) is 29.2 Å². The molecule has 1 aliphatic rings. The molecule has 1 fully saturated rings. The van der Waals surface area contributed by atoms with Crippen molar-refractivity contribution >= 4 is 11.7 Å². The SMILES string of the molecule is COc1cc(N(C#N)C(=N)Oc2ccccc2)cc(OC)c1OCCN1CCOCC1. The maximum absolute atomic E-state index is 9.64. The largest absolute Gasteiger partial charge is 0.493 e. The van der Waals surface area contributed by atoms with Crippen LogP contribution in [0.3, 0.4) is 0 Å². The van der Waals surface area contributed by atoms with Gasteiger partial charge in [0, 0.05) is 31.8 Å². The molecule has 0 saturated carbocycles. The summed E-state index contributed by atoms with van der Waals surface area (Å²) in [7, 11) is 3.02. The number of benzene rings is 2. The zero-order valence-corrected chi connectivity index (χ0v) is 17.7. The van der Waals surface area contributed by atoms with Crippen molar-refractivity contribution in [2.45, 2.75) is 0 Å². The molecule has 1 heterocycles. The second-order valence-electron chi connectivity index (χ2n) is 6.64. The number of hydrogen-bond acceptors (Lipinski definition) is 8. The van der Waals surface area contributed by atoms with Crippen LogP contribution in [0.25, 0.3) is 0 Å². The molecule has 0 radical (unpaired) electrons. The molecule has 1 N–H and O–H groups in total. The van der Waals surface area contributed by atoms with Crippen LogP contribution in [0.1, 0.15) is 0 Å². The number of nitriles is 1. The van der Waals surface area contributed by atoms with E-state index in [0.717, 1.165) is 37.7 Å². The zero-order valence-electron chi connectivity index (χ0n) is 17.7. The van der Waals surface area contributed by atoms with Gasteiger partial charge in [0.15, 0.2) is 17.7 Å². The summed E-state index contributed by atoms with van der Waals surface area (Å²) in [6.07, 6.45) is 1.96. The molecule has 2 aromatic carbocycles. The predicted octanol–water partition coefficient (Wildman–Crippen LogP) is 2.72. The summed E-state index contributed by atoms with van der Waals surface area (Å²) in [6, 6.07) is 11.7. The second-order valence-corrected chi connectivity index (χ2v) is 6.64. The maximum atomic E-state index is 9.64. The second kappa shape index (κ2) is 11.1. The normalized spacial score (nSPS) is 13.7. The van der Waals surface area contributed by atoms with Crippen molar-refractivity contribution in [1.29, 1.82) is 10.7 Å². The molecule has 0 unspecified atom stereocenters.